The molecule has 1 aromatic rings. The summed E-state index contributed by atoms with van der Waals surface area (Å²) < 4.78 is 0. The summed E-state index contributed by atoms with van der Waals surface area (Å²) >= 11 is 6.17. The Hall–Kier alpha value is -1.22. The van der Waals surface area contributed by atoms with Gasteiger partial charge in [0.2, 0.25) is 0 Å². The number of benzene rings is 1. The SMILES string of the molecule is CC(NC(N)=NC1CCCCC1)c1ccccc1Cl. The first-order valence-electron chi connectivity index (χ1n) is 7.01. The van der Waals surface area contributed by atoms with Crippen molar-refractivity contribution in [2.45, 2.75) is 51.1 Å². The smallest absolute Gasteiger partial charge is 0.189 e. The summed E-state index contributed by atoms with van der Waals surface area (Å²) in [7, 11) is 0. The van der Waals surface area contributed by atoms with E-state index in [1.807, 2.05) is 31.2 Å². The Balaban J connectivity index is 1.96. The number of hydrogen-bond donors (Lipinski definition) is 2. The molecule has 3 nitrogen and oxygen atoms in total. The van der Waals surface area contributed by atoms with Gasteiger partial charge in [-0.25, -0.2) is 0 Å². The number of nitrogens with one attached hydrogen (secondary N) is 1. The van der Waals surface area contributed by atoms with Crippen molar-refractivity contribution in [2.75, 3.05) is 0 Å². The summed E-state index contributed by atoms with van der Waals surface area (Å²) in [5.74, 6) is 0.527. The standard InChI is InChI=1S/C15H22ClN3/c1-11(13-9-5-6-10-14(13)16)18-15(17)19-12-7-3-2-4-8-12/h5-6,9-12H,2-4,7-8H2,1H3,(H3,17,18,19). The third-order valence-corrected chi connectivity index (χ3v) is 3.98. The molecule has 1 saturated carbocycles. The van der Waals surface area contributed by atoms with Gasteiger partial charge in [0, 0.05) is 5.02 Å². The minimum Gasteiger partial charge on any atom is -0.370 e. The first-order chi connectivity index (χ1) is 9.16. The molecular weight excluding hydrogens is 258 g/mol. The zero-order valence-corrected chi connectivity index (χ0v) is 12.2. The molecule has 4 heteroatoms. The average Bonchev–Trinajstić information content (AvgIpc) is 2.40. The van der Waals surface area contributed by atoms with Crippen molar-refractivity contribution < 1.29 is 0 Å². The number of aliphatic imine (C=N–C) groups is 1. The van der Waals surface area contributed by atoms with Crippen molar-refractivity contribution in [2.24, 2.45) is 10.7 Å². The van der Waals surface area contributed by atoms with E-state index >= 15 is 0 Å². The fourth-order valence-electron chi connectivity index (χ4n) is 2.57. The van der Waals surface area contributed by atoms with Crippen LogP contribution in [0.1, 0.15) is 50.6 Å². The van der Waals surface area contributed by atoms with Gasteiger partial charge in [-0.05, 0) is 31.4 Å². The Morgan fingerprint density at radius 3 is 2.68 bits per heavy atom. The first kappa shape index (κ1) is 14.2. The van der Waals surface area contributed by atoms with Crippen LogP contribution >= 0.6 is 11.6 Å². The molecule has 0 aliphatic heterocycles. The number of guanidine groups is 1. The van der Waals surface area contributed by atoms with Gasteiger partial charge in [-0.1, -0.05) is 49.1 Å². The van der Waals surface area contributed by atoms with Crippen LogP contribution in [0, 0.1) is 0 Å². The van der Waals surface area contributed by atoms with Gasteiger partial charge in [0.25, 0.3) is 0 Å². The molecule has 1 aromatic carbocycles. The topological polar surface area (TPSA) is 50.4 Å². The highest BCUT2D eigenvalue weighted by molar-refractivity contribution is 6.31. The maximum Gasteiger partial charge on any atom is 0.189 e. The zero-order chi connectivity index (χ0) is 13.7. The van der Waals surface area contributed by atoms with Gasteiger partial charge >= 0.3 is 0 Å². The van der Waals surface area contributed by atoms with Gasteiger partial charge in [0.1, 0.15) is 0 Å². The molecule has 0 amide bonds. The molecule has 19 heavy (non-hydrogen) atoms. The second-order valence-electron chi connectivity index (χ2n) is 5.19. The van der Waals surface area contributed by atoms with Crippen molar-refractivity contribution >= 4 is 17.6 Å². The number of nitrogens with two attached hydrogens (primary N) is 1. The molecule has 1 fully saturated rings. The Morgan fingerprint density at radius 2 is 2.00 bits per heavy atom. The minimum atomic E-state index is 0.0704. The van der Waals surface area contributed by atoms with Crippen LogP contribution in [-0.4, -0.2) is 12.0 Å². The molecule has 0 radical (unpaired) electrons. The van der Waals surface area contributed by atoms with E-state index in [4.69, 9.17) is 17.3 Å². The maximum atomic E-state index is 6.17. The highest BCUT2D eigenvalue weighted by Gasteiger charge is 2.14. The second kappa shape index (κ2) is 6.80. The van der Waals surface area contributed by atoms with E-state index in [0.717, 1.165) is 23.4 Å². The summed E-state index contributed by atoms with van der Waals surface area (Å²) in [6.07, 6.45) is 6.17. The highest BCUT2D eigenvalue weighted by atomic mass is 35.5. The molecule has 104 valence electrons. The lowest BCUT2D eigenvalue weighted by atomic mass is 9.96. The van der Waals surface area contributed by atoms with Crippen molar-refractivity contribution in [3.63, 3.8) is 0 Å². The van der Waals surface area contributed by atoms with E-state index in [2.05, 4.69) is 10.3 Å². The molecule has 0 heterocycles. The van der Waals surface area contributed by atoms with Gasteiger partial charge in [0.05, 0.1) is 12.1 Å². The molecule has 0 saturated heterocycles. The van der Waals surface area contributed by atoms with Crippen LogP contribution in [0.5, 0.6) is 0 Å². The monoisotopic (exact) mass is 279 g/mol. The van der Waals surface area contributed by atoms with Crippen LogP contribution in [-0.2, 0) is 0 Å². The summed E-state index contributed by atoms with van der Waals surface area (Å²) in [6, 6.07) is 8.27. The predicted molar refractivity (Wildman–Crippen MR) is 81.5 cm³/mol. The lowest BCUT2D eigenvalue weighted by molar-refractivity contribution is 0.441. The van der Waals surface area contributed by atoms with Gasteiger partial charge in [-0.2, -0.15) is 0 Å². The van der Waals surface area contributed by atoms with E-state index in [0.29, 0.717) is 12.0 Å². The summed E-state index contributed by atoms with van der Waals surface area (Å²) in [4.78, 5) is 4.57. The fraction of sp³-hybridized carbons (Fsp3) is 0.533. The van der Waals surface area contributed by atoms with Crippen LogP contribution < -0.4 is 11.1 Å². The van der Waals surface area contributed by atoms with Crippen LogP contribution in [0.15, 0.2) is 29.3 Å². The molecule has 3 N–H and O–H groups in total. The molecule has 0 aromatic heterocycles. The van der Waals surface area contributed by atoms with E-state index < -0.39 is 0 Å². The Morgan fingerprint density at radius 1 is 1.32 bits per heavy atom. The van der Waals surface area contributed by atoms with Gasteiger partial charge in [-0.15, -0.1) is 0 Å². The van der Waals surface area contributed by atoms with Crippen molar-refractivity contribution in [1.82, 2.24) is 5.32 Å². The molecule has 1 aliphatic rings. The van der Waals surface area contributed by atoms with Crippen LogP contribution in [0.4, 0.5) is 0 Å². The molecule has 1 aliphatic carbocycles. The molecule has 1 atom stereocenters. The average molecular weight is 280 g/mol. The Labute approximate surface area is 120 Å². The normalized spacial score (nSPS) is 19.2. The van der Waals surface area contributed by atoms with Gasteiger partial charge < -0.3 is 11.1 Å². The predicted octanol–water partition coefficient (Wildman–Crippen LogP) is 3.64. The van der Waals surface area contributed by atoms with Gasteiger partial charge in [-0.3, -0.25) is 4.99 Å². The van der Waals surface area contributed by atoms with E-state index in [9.17, 15) is 0 Å². The summed E-state index contributed by atoms with van der Waals surface area (Å²) in [5, 5.41) is 3.98. The maximum absolute atomic E-state index is 6.17. The van der Waals surface area contributed by atoms with Gasteiger partial charge in [0.15, 0.2) is 5.96 Å². The molecule has 1 unspecified atom stereocenters. The molecule has 0 bridgehead atoms. The van der Waals surface area contributed by atoms with Crippen LogP contribution in [0.25, 0.3) is 0 Å². The summed E-state index contributed by atoms with van der Waals surface area (Å²) in [6.45, 7) is 2.05. The number of hydrogen-bond acceptors (Lipinski definition) is 1. The van der Waals surface area contributed by atoms with Crippen molar-refractivity contribution in [3.05, 3.63) is 34.9 Å². The summed E-state index contributed by atoms with van der Waals surface area (Å²) in [5.41, 5.74) is 7.04. The lowest BCUT2D eigenvalue weighted by Crippen LogP contribution is -2.35. The Kier molecular flexibility index (Phi) is 5.08. The first-order valence-corrected chi connectivity index (χ1v) is 7.39. The number of rotatable bonds is 3. The quantitative estimate of drug-likeness (QED) is 0.656. The Bertz CT molecular complexity index is 439. The zero-order valence-electron chi connectivity index (χ0n) is 11.4. The largest absolute Gasteiger partial charge is 0.370 e. The molecule has 2 rings (SSSR count). The number of nitrogens with zero attached hydrogens (tertiary/aromatic N) is 1. The number of halogens is 1. The van der Waals surface area contributed by atoms with E-state index in [1.165, 1.54) is 19.3 Å². The minimum absolute atomic E-state index is 0.0704. The third-order valence-electron chi connectivity index (χ3n) is 3.63. The van der Waals surface area contributed by atoms with E-state index in [-0.39, 0.29) is 6.04 Å². The van der Waals surface area contributed by atoms with E-state index in [1.54, 1.807) is 0 Å². The fourth-order valence-corrected chi connectivity index (χ4v) is 2.87. The highest BCUT2D eigenvalue weighted by Crippen LogP contribution is 2.23. The molecule has 0 spiro atoms. The second-order valence-corrected chi connectivity index (χ2v) is 5.60. The van der Waals surface area contributed by atoms with Crippen LogP contribution in [0.2, 0.25) is 5.02 Å². The molecular formula is C15H22ClN3. The van der Waals surface area contributed by atoms with Crippen molar-refractivity contribution in [3.8, 4) is 0 Å². The van der Waals surface area contributed by atoms with Crippen molar-refractivity contribution in [1.29, 1.82) is 0 Å². The third kappa shape index (κ3) is 4.13. The lowest BCUT2D eigenvalue weighted by Gasteiger charge is -2.20. The van der Waals surface area contributed by atoms with Crippen LogP contribution in [0.3, 0.4) is 0 Å².